The van der Waals surface area contributed by atoms with E-state index >= 15 is 0 Å². The van der Waals surface area contributed by atoms with Gasteiger partial charge < -0.3 is 10.1 Å². The van der Waals surface area contributed by atoms with Crippen molar-refractivity contribution >= 4 is 23.3 Å². The Morgan fingerprint density at radius 3 is 2.83 bits per heavy atom. The second kappa shape index (κ2) is 9.35. The number of rotatable bonds is 8. The Balaban J connectivity index is 1.82. The van der Waals surface area contributed by atoms with Crippen molar-refractivity contribution in [2.45, 2.75) is 26.4 Å². The zero-order valence-electron chi connectivity index (χ0n) is 13.9. The minimum Gasteiger partial charge on any atom is -0.379 e. The summed E-state index contributed by atoms with van der Waals surface area (Å²) < 4.78 is 19.2. The number of ether oxygens (including phenoxy) is 1. The summed E-state index contributed by atoms with van der Waals surface area (Å²) in [5.41, 5.74) is 0.580. The average Bonchev–Trinajstić information content (AvgIpc) is 3.01. The molecule has 2 rings (SSSR count). The van der Waals surface area contributed by atoms with E-state index in [1.54, 1.807) is 18.2 Å². The van der Waals surface area contributed by atoms with Crippen molar-refractivity contribution in [3.63, 3.8) is 0 Å². The monoisotopic (exact) mass is 347 g/mol. The van der Waals surface area contributed by atoms with Gasteiger partial charge in [0.05, 0.1) is 6.10 Å². The van der Waals surface area contributed by atoms with Crippen LogP contribution in [0.1, 0.15) is 25.1 Å². The highest BCUT2D eigenvalue weighted by atomic mass is 32.1. The third kappa shape index (κ3) is 5.91. The van der Waals surface area contributed by atoms with E-state index in [9.17, 15) is 9.18 Å². The molecule has 0 bridgehead atoms. The number of thiophene rings is 1. The van der Waals surface area contributed by atoms with Crippen LogP contribution in [0.15, 0.2) is 42.5 Å². The Bertz CT molecular complexity index is 694. The predicted molar refractivity (Wildman–Crippen MR) is 97.5 cm³/mol. The van der Waals surface area contributed by atoms with Gasteiger partial charge in [-0.05, 0) is 44.5 Å². The van der Waals surface area contributed by atoms with Crippen LogP contribution < -0.4 is 5.32 Å². The molecule has 3 nitrogen and oxygen atoms in total. The highest BCUT2D eigenvalue weighted by Gasteiger charge is 2.06. The van der Waals surface area contributed by atoms with E-state index in [2.05, 4.69) is 5.32 Å². The molecule has 128 valence electrons. The Kier molecular flexibility index (Phi) is 7.15. The number of carbonyl (C=O) groups excluding carboxylic acids is 1. The number of hydrogen-bond acceptors (Lipinski definition) is 3. The van der Waals surface area contributed by atoms with Gasteiger partial charge in [0.15, 0.2) is 0 Å². The maximum Gasteiger partial charge on any atom is 0.244 e. The van der Waals surface area contributed by atoms with Gasteiger partial charge in [0, 0.05) is 34.5 Å². The van der Waals surface area contributed by atoms with Gasteiger partial charge in [0.25, 0.3) is 0 Å². The molecule has 24 heavy (non-hydrogen) atoms. The van der Waals surface area contributed by atoms with Gasteiger partial charge in [-0.3, -0.25) is 4.79 Å². The molecule has 1 aromatic carbocycles. The molecule has 0 atom stereocenters. The lowest BCUT2D eigenvalue weighted by molar-refractivity contribution is -0.116. The van der Waals surface area contributed by atoms with Gasteiger partial charge in [-0.1, -0.05) is 18.2 Å². The number of hydrogen-bond donors (Lipinski definition) is 1. The fourth-order valence-electron chi connectivity index (χ4n) is 2.07. The largest absolute Gasteiger partial charge is 0.379 e. The van der Waals surface area contributed by atoms with E-state index in [4.69, 9.17) is 4.74 Å². The van der Waals surface area contributed by atoms with Crippen molar-refractivity contribution in [1.29, 1.82) is 0 Å². The van der Waals surface area contributed by atoms with Gasteiger partial charge in [-0.15, -0.1) is 11.3 Å². The molecule has 1 amide bonds. The quantitative estimate of drug-likeness (QED) is 0.564. The van der Waals surface area contributed by atoms with Crippen molar-refractivity contribution < 1.29 is 13.9 Å². The summed E-state index contributed by atoms with van der Waals surface area (Å²) >= 11 is 1.45. The van der Waals surface area contributed by atoms with Crippen LogP contribution in [-0.4, -0.2) is 25.2 Å². The maximum atomic E-state index is 13.8. The first kappa shape index (κ1) is 18.4. The fraction of sp³-hybridized carbons (Fsp3) is 0.316. The standard InChI is InChI=1S/C19H22FNO2S/c1-14(2)23-13-5-12-21-19(22)11-9-15-8-10-18(24-15)16-6-3-4-7-17(16)20/h3-4,6-11,14H,5,12-13H2,1-2H3,(H,21,22)/b11-9+. The topological polar surface area (TPSA) is 38.3 Å². The van der Waals surface area contributed by atoms with Gasteiger partial charge in [0.1, 0.15) is 5.82 Å². The summed E-state index contributed by atoms with van der Waals surface area (Å²) in [6.45, 7) is 5.19. The Morgan fingerprint density at radius 1 is 1.29 bits per heavy atom. The summed E-state index contributed by atoms with van der Waals surface area (Å²) in [4.78, 5) is 13.5. The number of carbonyl (C=O) groups is 1. The average molecular weight is 347 g/mol. The smallest absolute Gasteiger partial charge is 0.244 e. The first-order valence-corrected chi connectivity index (χ1v) is 8.80. The molecule has 0 aliphatic rings. The molecule has 0 spiro atoms. The molecule has 0 aliphatic carbocycles. The number of benzene rings is 1. The first-order valence-electron chi connectivity index (χ1n) is 7.98. The van der Waals surface area contributed by atoms with Crippen LogP contribution in [0, 0.1) is 5.82 Å². The third-order valence-corrected chi connectivity index (χ3v) is 4.32. The van der Waals surface area contributed by atoms with Crippen LogP contribution in [0.4, 0.5) is 4.39 Å². The molecule has 0 radical (unpaired) electrons. The molecule has 5 heteroatoms. The molecule has 1 heterocycles. The predicted octanol–water partition coefficient (Wildman–Crippen LogP) is 4.50. The molecule has 0 saturated heterocycles. The lowest BCUT2D eigenvalue weighted by Crippen LogP contribution is -2.23. The van der Waals surface area contributed by atoms with E-state index in [0.29, 0.717) is 18.7 Å². The lowest BCUT2D eigenvalue weighted by atomic mass is 10.2. The van der Waals surface area contributed by atoms with Crippen molar-refractivity contribution in [3.8, 4) is 10.4 Å². The maximum absolute atomic E-state index is 13.8. The second-order valence-electron chi connectivity index (χ2n) is 5.58. The summed E-state index contributed by atoms with van der Waals surface area (Å²) in [6, 6.07) is 10.4. The van der Waals surface area contributed by atoms with Gasteiger partial charge in [-0.25, -0.2) is 4.39 Å². The van der Waals surface area contributed by atoms with Crippen molar-refractivity contribution in [2.24, 2.45) is 0 Å². The van der Waals surface area contributed by atoms with Gasteiger partial charge in [-0.2, -0.15) is 0 Å². The fourth-order valence-corrected chi connectivity index (χ4v) is 3.01. The van der Waals surface area contributed by atoms with E-state index in [1.165, 1.54) is 23.5 Å². The van der Waals surface area contributed by atoms with Crippen molar-refractivity contribution in [3.05, 3.63) is 53.2 Å². The summed E-state index contributed by atoms with van der Waals surface area (Å²) in [5.74, 6) is -0.378. The molecule has 0 aliphatic heterocycles. The Labute approximate surface area is 146 Å². The molecule has 2 aromatic rings. The van der Waals surface area contributed by atoms with Crippen LogP contribution in [0.25, 0.3) is 16.5 Å². The van der Waals surface area contributed by atoms with E-state index in [0.717, 1.165) is 16.2 Å². The zero-order chi connectivity index (χ0) is 17.4. The van der Waals surface area contributed by atoms with E-state index in [1.807, 2.05) is 32.0 Å². The Hall–Kier alpha value is -1.98. The van der Waals surface area contributed by atoms with Gasteiger partial charge in [0.2, 0.25) is 5.91 Å². The lowest BCUT2D eigenvalue weighted by Gasteiger charge is -2.07. The summed E-state index contributed by atoms with van der Waals surface area (Å²) in [6.07, 6.45) is 4.24. The summed E-state index contributed by atoms with van der Waals surface area (Å²) in [5, 5.41) is 2.81. The number of nitrogens with one attached hydrogen (secondary N) is 1. The molecule has 0 fully saturated rings. The Morgan fingerprint density at radius 2 is 2.08 bits per heavy atom. The highest BCUT2D eigenvalue weighted by Crippen LogP contribution is 2.30. The van der Waals surface area contributed by atoms with Crippen LogP contribution in [-0.2, 0) is 9.53 Å². The highest BCUT2D eigenvalue weighted by molar-refractivity contribution is 7.16. The number of amides is 1. The first-order chi connectivity index (χ1) is 11.6. The van der Waals surface area contributed by atoms with Crippen LogP contribution in [0.5, 0.6) is 0 Å². The molecule has 0 unspecified atom stereocenters. The van der Waals surface area contributed by atoms with Crippen LogP contribution in [0.2, 0.25) is 0 Å². The molecule has 0 saturated carbocycles. The molecule has 1 N–H and O–H groups in total. The second-order valence-corrected chi connectivity index (χ2v) is 6.69. The molecule has 1 aromatic heterocycles. The van der Waals surface area contributed by atoms with Gasteiger partial charge >= 0.3 is 0 Å². The van der Waals surface area contributed by atoms with Crippen LogP contribution >= 0.6 is 11.3 Å². The zero-order valence-corrected chi connectivity index (χ0v) is 14.7. The molecular formula is C19H22FNO2S. The molecular weight excluding hydrogens is 325 g/mol. The summed E-state index contributed by atoms with van der Waals surface area (Å²) in [7, 11) is 0. The van der Waals surface area contributed by atoms with Crippen LogP contribution in [0.3, 0.4) is 0 Å². The van der Waals surface area contributed by atoms with Crippen molar-refractivity contribution in [2.75, 3.05) is 13.2 Å². The SMILES string of the molecule is CC(C)OCCCNC(=O)/C=C/c1ccc(-c2ccccc2F)s1. The number of halogens is 1. The third-order valence-electron chi connectivity index (χ3n) is 3.24. The normalized spacial score (nSPS) is 11.3. The minimum atomic E-state index is -0.240. The van der Waals surface area contributed by atoms with E-state index < -0.39 is 0 Å². The van der Waals surface area contributed by atoms with Crippen molar-refractivity contribution in [1.82, 2.24) is 5.32 Å². The minimum absolute atomic E-state index is 0.139. The van der Waals surface area contributed by atoms with E-state index in [-0.39, 0.29) is 17.8 Å².